The minimum Gasteiger partial charge on any atom is -0.390 e. The van der Waals surface area contributed by atoms with Crippen molar-refractivity contribution in [2.45, 2.75) is 25.6 Å². The molecule has 0 aliphatic carbocycles. The Morgan fingerprint density at radius 2 is 2.47 bits per heavy atom. The molecule has 0 aromatic heterocycles. The van der Waals surface area contributed by atoms with E-state index in [4.69, 9.17) is 4.84 Å². The Morgan fingerprint density at radius 1 is 1.60 bits per heavy atom. The van der Waals surface area contributed by atoms with Crippen LogP contribution in [0.15, 0.2) is 22.4 Å². The van der Waals surface area contributed by atoms with Gasteiger partial charge in [-0.2, -0.15) is 0 Å². The van der Waals surface area contributed by atoms with Gasteiger partial charge in [0.15, 0.2) is 6.10 Å². The summed E-state index contributed by atoms with van der Waals surface area (Å²) in [5.41, 5.74) is 0.965. The first-order chi connectivity index (χ1) is 7.34. The summed E-state index contributed by atoms with van der Waals surface area (Å²) in [6, 6.07) is 0. The Balaban J connectivity index is 1.72. The van der Waals surface area contributed by atoms with Crippen molar-refractivity contribution < 1.29 is 4.84 Å². The Hall–Kier alpha value is -1.36. The molecule has 0 bridgehead atoms. The number of hydrogen-bond donors (Lipinski definition) is 2. The molecule has 0 amide bonds. The largest absolute Gasteiger partial charge is 0.390 e. The molecule has 5 nitrogen and oxygen atoms in total. The van der Waals surface area contributed by atoms with Crippen LogP contribution in [0.3, 0.4) is 0 Å². The fourth-order valence-corrected chi connectivity index (χ4v) is 1.34. The molecule has 0 radical (unpaired) electrons. The van der Waals surface area contributed by atoms with Gasteiger partial charge in [0.25, 0.3) is 0 Å². The molecule has 5 heteroatoms. The number of aliphatic imine (C=N–C) groups is 1. The van der Waals surface area contributed by atoms with Crippen molar-refractivity contribution in [2.75, 3.05) is 13.1 Å². The summed E-state index contributed by atoms with van der Waals surface area (Å²) < 4.78 is 0. The van der Waals surface area contributed by atoms with Crippen molar-refractivity contribution in [2.24, 2.45) is 10.1 Å². The van der Waals surface area contributed by atoms with Crippen molar-refractivity contribution in [3.63, 3.8) is 0 Å². The highest BCUT2D eigenvalue weighted by Crippen LogP contribution is 2.03. The zero-order valence-corrected chi connectivity index (χ0v) is 8.81. The molecule has 0 aromatic carbocycles. The Bertz CT molecular complexity index is 294. The lowest BCUT2D eigenvalue weighted by Crippen LogP contribution is -2.47. The summed E-state index contributed by atoms with van der Waals surface area (Å²) in [5, 5.41) is 10.3. The number of allylic oxidation sites excluding steroid dienone is 1. The number of rotatable bonds is 4. The van der Waals surface area contributed by atoms with E-state index in [-0.39, 0.29) is 12.3 Å². The first-order valence-corrected chi connectivity index (χ1v) is 5.19. The summed E-state index contributed by atoms with van der Waals surface area (Å²) in [7, 11) is 0. The van der Waals surface area contributed by atoms with E-state index in [2.05, 4.69) is 20.8 Å². The first-order valence-electron chi connectivity index (χ1n) is 5.19. The normalized spacial score (nSPS) is 25.9. The predicted octanol–water partition coefficient (Wildman–Crippen LogP) is 0.255. The molecule has 1 atom stereocenters. The lowest BCUT2D eigenvalue weighted by atomic mass is 10.2. The fourth-order valence-electron chi connectivity index (χ4n) is 1.34. The molecule has 0 saturated carbocycles. The Morgan fingerprint density at radius 3 is 3.07 bits per heavy atom. The van der Waals surface area contributed by atoms with Crippen molar-refractivity contribution in [3.8, 4) is 0 Å². The summed E-state index contributed by atoms with van der Waals surface area (Å²) in [6.07, 6.45) is 6.69. The van der Waals surface area contributed by atoms with Crippen molar-refractivity contribution in [1.29, 1.82) is 0 Å². The minimum absolute atomic E-state index is 0.0989. The Kier molecular flexibility index (Phi) is 3.34. The highest BCUT2D eigenvalue weighted by Gasteiger charge is 2.18. The third kappa shape index (κ3) is 3.06. The summed E-state index contributed by atoms with van der Waals surface area (Å²) in [5.74, 6) is 0. The number of hydrogen-bond acceptors (Lipinski definition) is 5. The lowest BCUT2D eigenvalue weighted by Gasteiger charge is -2.24. The predicted molar refractivity (Wildman–Crippen MR) is 60.0 cm³/mol. The third-order valence-corrected chi connectivity index (χ3v) is 2.33. The third-order valence-electron chi connectivity index (χ3n) is 2.33. The fraction of sp³-hybridized carbons (Fsp3) is 0.600. The standard InChI is InChI=1S/C10H16N4O/c1-8(14-15-9-6-11-7-9)5-10-12-3-2-4-13-10/h2-4,9-12H,5-7H2,1H3/b14-8+. The molecular weight excluding hydrogens is 192 g/mol. The highest BCUT2D eigenvalue weighted by molar-refractivity contribution is 5.82. The van der Waals surface area contributed by atoms with Crippen LogP contribution in [0.25, 0.3) is 0 Å². The van der Waals surface area contributed by atoms with E-state index in [9.17, 15) is 0 Å². The maximum Gasteiger partial charge on any atom is 0.152 e. The van der Waals surface area contributed by atoms with Gasteiger partial charge in [-0.3, -0.25) is 4.99 Å². The van der Waals surface area contributed by atoms with Gasteiger partial charge in [-0.1, -0.05) is 5.16 Å². The van der Waals surface area contributed by atoms with E-state index in [1.165, 1.54) is 0 Å². The van der Waals surface area contributed by atoms with E-state index in [0.717, 1.165) is 25.2 Å². The molecule has 1 unspecified atom stereocenters. The van der Waals surface area contributed by atoms with Gasteiger partial charge < -0.3 is 15.5 Å². The SMILES string of the molecule is C/C(CC1N=CC=CN1)=N\OC1CNC1. The van der Waals surface area contributed by atoms with Crippen LogP contribution < -0.4 is 10.6 Å². The molecule has 2 rings (SSSR count). The maximum atomic E-state index is 5.31. The quantitative estimate of drug-likeness (QED) is 0.514. The van der Waals surface area contributed by atoms with Crippen LogP contribution in [0.4, 0.5) is 0 Å². The van der Waals surface area contributed by atoms with Crippen LogP contribution in [-0.4, -0.2) is 37.3 Å². The molecule has 1 saturated heterocycles. The molecule has 2 aliphatic heterocycles. The van der Waals surface area contributed by atoms with Crippen LogP contribution in [0, 0.1) is 0 Å². The summed E-state index contributed by atoms with van der Waals surface area (Å²) in [6.45, 7) is 3.76. The second-order valence-corrected chi connectivity index (χ2v) is 3.76. The van der Waals surface area contributed by atoms with E-state index < -0.39 is 0 Å². The molecule has 0 spiro atoms. The van der Waals surface area contributed by atoms with Crippen molar-refractivity contribution in [1.82, 2.24) is 10.6 Å². The van der Waals surface area contributed by atoms with Gasteiger partial charge in [-0.25, -0.2) is 0 Å². The van der Waals surface area contributed by atoms with Gasteiger partial charge in [0.1, 0.15) is 6.17 Å². The molecule has 2 N–H and O–H groups in total. The number of nitrogens with one attached hydrogen (secondary N) is 2. The van der Waals surface area contributed by atoms with Gasteiger partial charge in [0, 0.05) is 25.7 Å². The average Bonchev–Trinajstić information content (AvgIpc) is 2.17. The molecule has 0 aromatic rings. The highest BCUT2D eigenvalue weighted by atomic mass is 16.6. The maximum absolute atomic E-state index is 5.31. The van der Waals surface area contributed by atoms with Gasteiger partial charge in [0.2, 0.25) is 0 Å². The van der Waals surface area contributed by atoms with E-state index in [0.29, 0.717) is 0 Å². The molecule has 1 fully saturated rings. The van der Waals surface area contributed by atoms with E-state index in [1.54, 1.807) is 6.21 Å². The van der Waals surface area contributed by atoms with E-state index in [1.807, 2.05) is 19.2 Å². The smallest absolute Gasteiger partial charge is 0.152 e. The summed E-state index contributed by atoms with van der Waals surface area (Å²) >= 11 is 0. The van der Waals surface area contributed by atoms with Crippen LogP contribution in [-0.2, 0) is 4.84 Å². The second-order valence-electron chi connectivity index (χ2n) is 3.76. The van der Waals surface area contributed by atoms with Crippen LogP contribution in [0.5, 0.6) is 0 Å². The monoisotopic (exact) mass is 208 g/mol. The van der Waals surface area contributed by atoms with Gasteiger partial charge in [-0.05, 0) is 19.2 Å². The molecule has 82 valence electrons. The summed E-state index contributed by atoms with van der Waals surface area (Å²) in [4.78, 5) is 9.57. The zero-order chi connectivity index (χ0) is 10.5. The zero-order valence-electron chi connectivity index (χ0n) is 8.81. The van der Waals surface area contributed by atoms with Crippen LogP contribution >= 0.6 is 0 Å². The lowest BCUT2D eigenvalue weighted by molar-refractivity contribution is 0.0226. The van der Waals surface area contributed by atoms with Crippen LogP contribution in [0.2, 0.25) is 0 Å². The molecule has 15 heavy (non-hydrogen) atoms. The van der Waals surface area contributed by atoms with Crippen molar-refractivity contribution in [3.05, 3.63) is 12.3 Å². The number of nitrogens with zero attached hydrogens (tertiary/aromatic N) is 2. The van der Waals surface area contributed by atoms with Crippen molar-refractivity contribution >= 4 is 11.9 Å². The van der Waals surface area contributed by atoms with Gasteiger partial charge >= 0.3 is 0 Å². The minimum atomic E-state index is 0.0989. The van der Waals surface area contributed by atoms with Gasteiger partial charge in [0.05, 0.1) is 5.71 Å². The van der Waals surface area contributed by atoms with E-state index >= 15 is 0 Å². The molecule has 2 aliphatic rings. The molecular formula is C10H16N4O. The molecule has 2 heterocycles. The Labute approximate surface area is 89.3 Å². The topological polar surface area (TPSA) is 58.0 Å². The van der Waals surface area contributed by atoms with Crippen LogP contribution in [0.1, 0.15) is 13.3 Å². The average molecular weight is 208 g/mol. The van der Waals surface area contributed by atoms with Gasteiger partial charge in [-0.15, -0.1) is 0 Å². The second kappa shape index (κ2) is 4.93. The number of oxime groups is 1. The first kappa shape index (κ1) is 10.2.